The summed E-state index contributed by atoms with van der Waals surface area (Å²) < 4.78 is 0. The van der Waals surface area contributed by atoms with E-state index in [0.717, 1.165) is 16.8 Å². The first-order chi connectivity index (χ1) is 9.16. The molecule has 0 atom stereocenters. The number of thioether (sulfide) groups is 1. The summed E-state index contributed by atoms with van der Waals surface area (Å²) >= 11 is 1.32. The lowest BCUT2D eigenvalue weighted by Gasteiger charge is -2.09. The number of rotatable bonds is 4. The van der Waals surface area contributed by atoms with E-state index >= 15 is 0 Å². The van der Waals surface area contributed by atoms with Gasteiger partial charge in [-0.3, -0.25) is 4.79 Å². The van der Waals surface area contributed by atoms with Gasteiger partial charge in [0.15, 0.2) is 5.16 Å². The zero-order valence-corrected chi connectivity index (χ0v) is 11.7. The fraction of sp³-hybridized carbons (Fsp3) is 0.214. The molecular formula is C14H15N3OS. The van der Waals surface area contributed by atoms with Crippen LogP contribution in [-0.4, -0.2) is 21.6 Å². The Balaban J connectivity index is 1.93. The van der Waals surface area contributed by atoms with E-state index in [1.54, 1.807) is 18.5 Å². The van der Waals surface area contributed by atoms with Crippen LogP contribution in [0.25, 0.3) is 0 Å². The Morgan fingerprint density at radius 1 is 1.21 bits per heavy atom. The molecule has 1 heterocycles. The molecule has 0 aliphatic carbocycles. The highest BCUT2D eigenvalue weighted by atomic mass is 32.2. The van der Waals surface area contributed by atoms with Crippen molar-refractivity contribution in [2.24, 2.45) is 0 Å². The molecule has 0 unspecified atom stereocenters. The van der Waals surface area contributed by atoms with E-state index < -0.39 is 0 Å². The molecule has 98 valence electrons. The monoisotopic (exact) mass is 273 g/mol. The Kier molecular flexibility index (Phi) is 4.52. The molecule has 0 saturated carbocycles. The topological polar surface area (TPSA) is 54.9 Å². The molecule has 0 spiro atoms. The van der Waals surface area contributed by atoms with Crippen LogP contribution < -0.4 is 5.32 Å². The Bertz CT molecular complexity index is 572. The van der Waals surface area contributed by atoms with Crippen molar-refractivity contribution in [2.75, 3.05) is 11.1 Å². The van der Waals surface area contributed by atoms with Crippen LogP contribution in [0.1, 0.15) is 11.1 Å². The lowest BCUT2D eigenvalue weighted by Crippen LogP contribution is -2.15. The first kappa shape index (κ1) is 13.5. The maximum absolute atomic E-state index is 11.9. The van der Waals surface area contributed by atoms with Crippen molar-refractivity contribution in [3.05, 3.63) is 47.8 Å². The molecule has 1 aromatic carbocycles. The van der Waals surface area contributed by atoms with Crippen LogP contribution >= 0.6 is 11.8 Å². The van der Waals surface area contributed by atoms with Crippen LogP contribution in [-0.2, 0) is 4.79 Å². The van der Waals surface area contributed by atoms with Crippen molar-refractivity contribution in [3.63, 3.8) is 0 Å². The SMILES string of the molecule is Cc1cccc(NC(=O)CSc2ncccn2)c1C. The molecule has 0 saturated heterocycles. The van der Waals surface area contributed by atoms with Crippen molar-refractivity contribution in [2.45, 2.75) is 19.0 Å². The van der Waals surface area contributed by atoms with E-state index in [-0.39, 0.29) is 5.91 Å². The van der Waals surface area contributed by atoms with Crippen LogP contribution in [0.2, 0.25) is 0 Å². The van der Waals surface area contributed by atoms with Gasteiger partial charge in [0.1, 0.15) is 0 Å². The summed E-state index contributed by atoms with van der Waals surface area (Å²) in [5.41, 5.74) is 3.12. The predicted molar refractivity (Wildman–Crippen MR) is 77.3 cm³/mol. The van der Waals surface area contributed by atoms with Gasteiger partial charge in [0.05, 0.1) is 5.75 Å². The molecule has 2 rings (SSSR count). The Hall–Kier alpha value is -1.88. The van der Waals surface area contributed by atoms with Gasteiger partial charge in [0.25, 0.3) is 0 Å². The molecule has 1 N–H and O–H groups in total. The summed E-state index contributed by atoms with van der Waals surface area (Å²) in [6.45, 7) is 4.02. The summed E-state index contributed by atoms with van der Waals surface area (Å²) in [6.07, 6.45) is 3.33. The highest BCUT2D eigenvalue weighted by Crippen LogP contribution is 2.19. The third-order valence-corrected chi connectivity index (χ3v) is 3.63. The first-order valence-electron chi connectivity index (χ1n) is 5.92. The normalized spacial score (nSPS) is 10.2. The molecule has 1 amide bonds. The van der Waals surface area contributed by atoms with Gasteiger partial charge >= 0.3 is 0 Å². The lowest BCUT2D eigenvalue weighted by atomic mass is 10.1. The van der Waals surface area contributed by atoms with Gasteiger partial charge in [-0.2, -0.15) is 0 Å². The molecule has 19 heavy (non-hydrogen) atoms. The van der Waals surface area contributed by atoms with E-state index in [1.165, 1.54) is 11.8 Å². The van der Waals surface area contributed by atoms with Gasteiger partial charge in [0, 0.05) is 18.1 Å². The maximum Gasteiger partial charge on any atom is 0.234 e. The highest BCUT2D eigenvalue weighted by molar-refractivity contribution is 7.99. The fourth-order valence-corrected chi connectivity index (χ4v) is 2.17. The molecule has 0 bridgehead atoms. The number of carbonyl (C=O) groups excluding carboxylic acids is 1. The van der Waals surface area contributed by atoms with Crippen LogP contribution in [0.4, 0.5) is 5.69 Å². The second kappa shape index (κ2) is 6.33. The number of aryl methyl sites for hydroxylation is 1. The molecular weight excluding hydrogens is 258 g/mol. The Morgan fingerprint density at radius 3 is 2.68 bits per heavy atom. The second-order valence-corrected chi connectivity index (χ2v) is 5.06. The van der Waals surface area contributed by atoms with Crippen molar-refractivity contribution in [1.82, 2.24) is 9.97 Å². The number of aromatic nitrogens is 2. The quantitative estimate of drug-likeness (QED) is 0.687. The third kappa shape index (κ3) is 3.79. The zero-order chi connectivity index (χ0) is 13.7. The molecule has 0 fully saturated rings. The molecule has 2 aromatic rings. The smallest absolute Gasteiger partial charge is 0.234 e. The summed E-state index contributed by atoms with van der Waals surface area (Å²) in [7, 11) is 0. The third-order valence-electron chi connectivity index (χ3n) is 2.75. The molecule has 5 heteroatoms. The van der Waals surface area contributed by atoms with Gasteiger partial charge in [-0.25, -0.2) is 9.97 Å². The summed E-state index contributed by atoms with van der Waals surface area (Å²) in [6, 6.07) is 7.62. The van der Waals surface area contributed by atoms with Crippen molar-refractivity contribution >= 4 is 23.4 Å². The van der Waals surface area contributed by atoms with E-state index in [9.17, 15) is 4.79 Å². The average molecular weight is 273 g/mol. The number of benzene rings is 1. The number of amides is 1. The number of nitrogens with zero attached hydrogens (tertiary/aromatic N) is 2. The van der Waals surface area contributed by atoms with Crippen LogP contribution in [0, 0.1) is 13.8 Å². The summed E-state index contributed by atoms with van der Waals surface area (Å²) in [4.78, 5) is 20.0. The largest absolute Gasteiger partial charge is 0.325 e. The van der Waals surface area contributed by atoms with Gasteiger partial charge in [-0.1, -0.05) is 23.9 Å². The van der Waals surface area contributed by atoms with Crippen molar-refractivity contribution < 1.29 is 4.79 Å². The van der Waals surface area contributed by atoms with Crippen molar-refractivity contribution in [1.29, 1.82) is 0 Å². The van der Waals surface area contributed by atoms with Crippen molar-refractivity contribution in [3.8, 4) is 0 Å². The number of hydrogen-bond acceptors (Lipinski definition) is 4. The minimum absolute atomic E-state index is 0.0499. The van der Waals surface area contributed by atoms with Crippen LogP contribution in [0.5, 0.6) is 0 Å². The number of carbonyl (C=O) groups is 1. The molecule has 0 aliphatic heterocycles. The average Bonchev–Trinajstić information content (AvgIpc) is 2.43. The minimum atomic E-state index is -0.0499. The summed E-state index contributed by atoms with van der Waals surface area (Å²) in [5, 5.41) is 3.52. The zero-order valence-electron chi connectivity index (χ0n) is 10.9. The summed E-state index contributed by atoms with van der Waals surface area (Å²) in [5.74, 6) is 0.253. The molecule has 0 aliphatic rings. The second-order valence-electron chi connectivity index (χ2n) is 4.12. The molecule has 1 aromatic heterocycles. The predicted octanol–water partition coefficient (Wildman–Crippen LogP) is 2.82. The number of nitrogens with one attached hydrogen (secondary N) is 1. The van der Waals surface area contributed by atoms with E-state index in [1.807, 2.05) is 32.0 Å². The lowest BCUT2D eigenvalue weighted by molar-refractivity contribution is -0.113. The van der Waals surface area contributed by atoms with E-state index in [2.05, 4.69) is 15.3 Å². The number of hydrogen-bond donors (Lipinski definition) is 1. The highest BCUT2D eigenvalue weighted by Gasteiger charge is 2.07. The van der Waals surface area contributed by atoms with Crippen LogP contribution in [0.3, 0.4) is 0 Å². The van der Waals surface area contributed by atoms with Gasteiger partial charge in [0.2, 0.25) is 5.91 Å². The van der Waals surface area contributed by atoms with Crippen LogP contribution in [0.15, 0.2) is 41.8 Å². The minimum Gasteiger partial charge on any atom is -0.325 e. The standard InChI is InChI=1S/C14H15N3OS/c1-10-5-3-6-12(11(10)2)17-13(18)9-19-14-15-7-4-8-16-14/h3-8H,9H2,1-2H3,(H,17,18). The maximum atomic E-state index is 11.9. The molecule has 4 nitrogen and oxygen atoms in total. The van der Waals surface area contributed by atoms with E-state index in [0.29, 0.717) is 10.9 Å². The van der Waals surface area contributed by atoms with Gasteiger partial charge in [-0.15, -0.1) is 0 Å². The fourth-order valence-electron chi connectivity index (χ4n) is 1.56. The van der Waals surface area contributed by atoms with Gasteiger partial charge in [-0.05, 0) is 37.1 Å². The molecule has 0 radical (unpaired) electrons. The first-order valence-corrected chi connectivity index (χ1v) is 6.91. The number of anilines is 1. The Morgan fingerprint density at radius 2 is 1.95 bits per heavy atom. The van der Waals surface area contributed by atoms with E-state index in [4.69, 9.17) is 0 Å². The van der Waals surface area contributed by atoms with Gasteiger partial charge < -0.3 is 5.32 Å². The Labute approximate surface area is 116 Å².